The maximum atomic E-state index is 12.5. The smallest absolute Gasteiger partial charge is 0.272 e. The van der Waals surface area contributed by atoms with Gasteiger partial charge in [0.25, 0.3) is 5.91 Å². The normalized spacial score (nSPS) is 22.3. The largest absolute Gasteiger partial charge is 0.372 e. The molecule has 21 heavy (non-hydrogen) atoms. The molecule has 0 radical (unpaired) electrons. The van der Waals surface area contributed by atoms with Crippen LogP contribution in [0.4, 0.5) is 0 Å². The zero-order valence-electron chi connectivity index (χ0n) is 12.2. The maximum Gasteiger partial charge on any atom is 0.272 e. The third kappa shape index (κ3) is 2.97. The number of benzene rings is 1. The summed E-state index contributed by atoms with van der Waals surface area (Å²) in [5.74, 6) is -0.0216. The van der Waals surface area contributed by atoms with Crippen LogP contribution in [0.3, 0.4) is 0 Å². The lowest BCUT2D eigenvalue weighted by molar-refractivity contribution is -0.0587. The van der Waals surface area contributed by atoms with E-state index in [1.54, 1.807) is 0 Å². The highest BCUT2D eigenvalue weighted by molar-refractivity contribution is 5.93. The topological polar surface area (TPSA) is 58.2 Å². The van der Waals surface area contributed by atoms with Crippen LogP contribution < -0.4 is 0 Å². The fraction of sp³-hybridized carbons (Fsp3) is 0.375. The van der Waals surface area contributed by atoms with E-state index < -0.39 is 0 Å². The molecule has 2 unspecified atom stereocenters. The summed E-state index contributed by atoms with van der Waals surface area (Å²) < 4.78 is 5.66. The van der Waals surface area contributed by atoms with E-state index in [0.717, 1.165) is 11.3 Å². The summed E-state index contributed by atoms with van der Waals surface area (Å²) >= 11 is 0. The molecule has 0 saturated carbocycles. The molecule has 3 rings (SSSR count). The van der Waals surface area contributed by atoms with Crippen LogP contribution in [-0.2, 0) is 4.74 Å². The van der Waals surface area contributed by atoms with Gasteiger partial charge in [-0.15, -0.1) is 0 Å². The van der Waals surface area contributed by atoms with Crippen molar-refractivity contribution in [2.75, 3.05) is 13.1 Å². The molecule has 1 fully saturated rings. The first-order valence-corrected chi connectivity index (χ1v) is 7.19. The van der Waals surface area contributed by atoms with Crippen LogP contribution in [0.1, 0.15) is 24.3 Å². The Bertz CT molecular complexity index is 613. The van der Waals surface area contributed by atoms with Crippen LogP contribution in [0, 0.1) is 0 Å². The number of aromatic nitrogens is 2. The van der Waals surface area contributed by atoms with E-state index in [1.807, 2.05) is 55.1 Å². The van der Waals surface area contributed by atoms with Crippen LogP contribution >= 0.6 is 0 Å². The highest BCUT2D eigenvalue weighted by Crippen LogP contribution is 2.19. The first-order valence-electron chi connectivity index (χ1n) is 7.19. The van der Waals surface area contributed by atoms with Crippen LogP contribution in [-0.4, -0.2) is 46.3 Å². The molecular weight excluding hydrogens is 266 g/mol. The molecule has 0 bridgehead atoms. The van der Waals surface area contributed by atoms with E-state index in [1.165, 1.54) is 0 Å². The number of nitrogens with zero attached hydrogens (tertiary/aromatic N) is 2. The fourth-order valence-corrected chi connectivity index (χ4v) is 2.70. The third-order valence-corrected chi connectivity index (χ3v) is 3.58. The number of carbonyl (C=O) groups excluding carboxylic acids is 1. The number of ether oxygens (including phenoxy) is 1. The average Bonchev–Trinajstić information content (AvgIpc) is 2.96. The van der Waals surface area contributed by atoms with Crippen molar-refractivity contribution in [2.45, 2.75) is 26.1 Å². The Labute approximate surface area is 123 Å². The molecule has 1 aromatic heterocycles. The SMILES string of the molecule is CC1CN(C(=O)c2cc(-c3ccccc3)n[nH]2)CC(C)O1. The number of morpholine rings is 1. The van der Waals surface area contributed by atoms with E-state index in [0.29, 0.717) is 18.8 Å². The Hall–Kier alpha value is -2.14. The molecule has 0 spiro atoms. The average molecular weight is 285 g/mol. The number of H-pyrrole nitrogens is 1. The Morgan fingerprint density at radius 2 is 1.90 bits per heavy atom. The quantitative estimate of drug-likeness (QED) is 0.921. The van der Waals surface area contributed by atoms with E-state index >= 15 is 0 Å². The fourth-order valence-electron chi connectivity index (χ4n) is 2.70. The van der Waals surface area contributed by atoms with E-state index in [4.69, 9.17) is 4.74 Å². The molecule has 2 aromatic rings. The standard InChI is InChI=1S/C16H19N3O2/c1-11-9-19(10-12(2)21-11)16(20)15-8-14(17-18-15)13-6-4-3-5-7-13/h3-8,11-12H,9-10H2,1-2H3,(H,17,18). The molecule has 1 N–H and O–H groups in total. The van der Waals surface area contributed by atoms with Crippen molar-refractivity contribution >= 4 is 5.91 Å². The van der Waals surface area contributed by atoms with Gasteiger partial charge in [0.15, 0.2) is 0 Å². The lowest BCUT2D eigenvalue weighted by Gasteiger charge is -2.34. The molecular formula is C16H19N3O2. The second-order valence-electron chi connectivity index (χ2n) is 5.50. The molecule has 110 valence electrons. The third-order valence-electron chi connectivity index (χ3n) is 3.58. The first-order chi connectivity index (χ1) is 10.1. The number of nitrogens with one attached hydrogen (secondary N) is 1. The molecule has 0 aliphatic carbocycles. The molecule has 2 heterocycles. The van der Waals surface area contributed by atoms with Gasteiger partial charge in [-0.3, -0.25) is 9.89 Å². The van der Waals surface area contributed by atoms with Crippen molar-refractivity contribution < 1.29 is 9.53 Å². The Kier molecular flexibility index (Phi) is 3.75. The molecule has 1 saturated heterocycles. The number of aromatic amines is 1. The van der Waals surface area contributed by atoms with Crippen LogP contribution in [0.5, 0.6) is 0 Å². The van der Waals surface area contributed by atoms with Crippen LogP contribution in [0.2, 0.25) is 0 Å². The Morgan fingerprint density at radius 1 is 1.24 bits per heavy atom. The second-order valence-corrected chi connectivity index (χ2v) is 5.50. The maximum absolute atomic E-state index is 12.5. The number of amides is 1. The van der Waals surface area contributed by atoms with Gasteiger partial charge >= 0.3 is 0 Å². The van der Waals surface area contributed by atoms with Gasteiger partial charge in [0.1, 0.15) is 5.69 Å². The second kappa shape index (κ2) is 5.69. The minimum atomic E-state index is -0.0216. The van der Waals surface area contributed by atoms with Crippen molar-refractivity contribution in [3.8, 4) is 11.3 Å². The summed E-state index contributed by atoms with van der Waals surface area (Å²) in [6.07, 6.45) is 0.128. The van der Waals surface area contributed by atoms with Crippen molar-refractivity contribution in [1.82, 2.24) is 15.1 Å². The lowest BCUT2D eigenvalue weighted by atomic mass is 10.1. The Balaban J connectivity index is 1.78. The number of carbonyl (C=O) groups is 1. The van der Waals surface area contributed by atoms with E-state index in [-0.39, 0.29) is 18.1 Å². The summed E-state index contributed by atoms with van der Waals surface area (Å²) in [4.78, 5) is 14.4. The lowest BCUT2D eigenvalue weighted by Crippen LogP contribution is -2.48. The van der Waals surface area contributed by atoms with Gasteiger partial charge < -0.3 is 9.64 Å². The summed E-state index contributed by atoms with van der Waals surface area (Å²) in [5.41, 5.74) is 2.31. The predicted molar refractivity (Wildman–Crippen MR) is 79.9 cm³/mol. The highest BCUT2D eigenvalue weighted by Gasteiger charge is 2.27. The monoisotopic (exact) mass is 285 g/mol. The minimum absolute atomic E-state index is 0.0216. The van der Waals surface area contributed by atoms with Crippen molar-refractivity contribution in [1.29, 1.82) is 0 Å². The molecule has 1 aromatic carbocycles. The number of hydrogen-bond acceptors (Lipinski definition) is 3. The molecule has 5 nitrogen and oxygen atoms in total. The molecule has 1 aliphatic heterocycles. The Morgan fingerprint density at radius 3 is 2.57 bits per heavy atom. The van der Waals surface area contributed by atoms with Gasteiger partial charge in [-0.2, -0.15) is 5.10 Å². The van der Waals surface area contributed by atoms with Crippen molar-refractivity contribution in [3.63, 3.8) is 0 Å². The zero-order valence-corrected chi connectivity index (χ0v) is 12.2. The molecule has 1 amide bonds. The number of hydrogen-bond donors (Lipinski definition) is 1. The first kappa shape index (κ1) is 13.8. The zero-order chi connectivity index (χ0) is 14.8. The summed E-state index contributed by atoms with van der Waals surface area (Å²) in [6.45, 7) is 5.20. The van der Waals surface area contributed by atoms with Crippen molar-refractivity contribution in [3.05, 3.63) is 42.1 Å². The van der Waals surface area contributed by atoms with Gasteiger partial charge in [0, 0.05) is 18.7 Å². The summed E-state index contributed by atoms with van der Waals surface area (Å²) in [7, 11) is 0. The van der Waals surface area contributed by atoms with Crippen LogP contribution in [0.15, 0.2) is 36.4 Å². The number of rotatable bonds is 2. The van der Waals surface area contributed by atoms with Gasteiger partial charge in [-0.25, -0.2) is 0 Å². The van der Waals surface area contributed by atoms with Crippen LogP contribution in [0.25, 0.3) is 11.3 Å². The summed E-state index contributed by atoms with van der Waals surface area (Å²) in [6, 6.07) is 11.6. The predicted octanol–water partition coefficient (Wildman–Crippen LogP) is 2.33. The molecule has 1 aliphatic rings. The highest BCUT2D eigenvalue weighted by atomic mass is 16.5. The van der Waals surface area contributed by atoms with Gasteiger partial charge in [-0.05, 0) is 19.9 Å². The van der Waals surface area contributed by atoms with Gasteiger partial charge in [-0.1, -0.05) is 30.3 Å². The van der Waals surface area contributed by atoms with Gasteiger partial charge in [0.2, 0.25) is 0 Å². The molecule has 5 heteroatoms. The van der Waals surface area contributed by atoms with Gasteiger partial charge in [0.05, 0.1) is 17.9 Å². The minimum Gasteiger partial charge on any atom is -0.372 e. The van der Waals surface area contributed by atoms with E-state index in [2.05, 4.69) is 10.2 Å². The summed E-state index contributed by atoms with van der Waals surface area (Å²) in [5, 5.41) is 7.09. The van der Waals surface area contributed by atoms with Crippen molar-refractivity contribution in [2.24, 2.45) is 0 Å². The van der Waals surface area contributed by atoms with E-state index in [9.17, 15) is 4.79 Å². The molecule has 2 atom stereocenters.